The van der Waals surface area contributed by atoms with E-state index in [4.69, 9.17) is 4.74 Å². The molecule has 0 aliphatic carbocycles. The number of anilines is 1. The molecule has 0 bridgehead atoms. The number of benzene rings is 1. The number of methoxy groups -OCH3 is 1. The van der Waals surface area contributed by atoms with Gasteiger partial charge in [-0.05, 0) is 45.0 Å². The molecular weight excluding hydrogens is 270 g/mol. The summed E-state index contributed by atoms with van der Waals surface area (Å²) in [5, 5.41) is 14.3. The first-order valence-electron chi connectivity index (χ1n) is 7.42. The number of likely N-dealkylation sites (tertiary alicyclic amines) is 1. The van der Waals surface area contributed by atoms with Gasteiger partial charge >= 0.3 is 0 Å². The van der Waals surface area contributed by atoms with Gasteiger partial charge in [-0.1, -0.05) is 6.42 Å². The standard InChI is InChI=1S/C15H23N3O3/c1-12(17-8-4-3-5-9-17)11-16-14-7-6-13(21-2)10-15(14)18(19)20/h6-7,10,12,16H,3-5,8-9,11H2,1-2H3. The highest BCUT2D eigenvalue weighted by molar-refractivity contribution is 5.63. The van der Waals surface area contributed by atoms with Crippen LogP contribution in [0.2, 0.25) is 0 Å². The summed E-state index contributed by atoms with van der Waals surface area (Å²) >= 11 is 0. The Morgan fingerprint density at radius 1 is 1.38 bits per heavy atom. The number of piperidine rings is 1. The van der Waals surface area contributed by atoms with Gasteiger partial charge in [0.2, 0.25) is 0 Å². The predicted octanol–water partition coefficient (Wildman–Crippen LogP) is 2.89. The number of ether oxygens (including phenoxy) is 1. The van der Waals surface area contributed by atoms with Gasteiger partial charge < -0.3 is 10.1 Å². The zero-order valence-corrected chi connectivity index (χ0v) is 12.7. The van der Waals surface area contributed by atoms with E-state index in [1.807, 2.05) is 0 Å². The van der Waals surface area contributed by atoms with Gasteiger partial charge in [-0.3, -0.25) is 15.0 Å². The van der Waals surface area contributed by atoms with E-state index in [1.165, 1.54) is 32.4 Å². The van der Waals surface area contributed by atoms with Crippen LogP contribution in [-0.4, -0.2) is 42.6 Å². The third-order valence-electron chi connectivity index (χ3n) is 4.00. The lowest BCUT2D eigenvalue weighted by Gasteiger charge is -2.32. The van der Waals surface area contributed by atoms with Gasteiger partial charge in [0.05, 0.1) is 18.1 Å². The molecule has 1 unspecified atom stereocenters. The highest BCUT2D eigenvalue weighted by Crippen LogP contribution is 2.29. The van der Waals surface area contributed by atoms with Crippen LogP contribution >= 0.6 is 0 Å². The zero-order chi connectivity index (χ0) is 15.2. The molecule has 6 nitrogen and oxygen atoms in total. The summed E-state index contributed by atoms with van der Waals surface area (Å²) in [6.45, 7) is 5.10. The number of hydrogen-bond donors (Lipinski definition) is 1. The molecule has 1 aromatic carbocycles. The van der Waals surface area contributed by atoms with E-state index in [0.717, 1.165) is 13.1 Å². The summed E-state index contributed by atoms with van der Waals surface area (Å²) < 4.78 is 5.04. The van der Waals surface area contributed by atoms with E-state index < -0.39 is 0 Å². The fourth-order valence-corrected chi connectivity index (χ4v) is 2.68. The lowest BCUT2D eigenvalue weighted by atomic mass is 10.1. The van der Waals surface area contributed by atoms with Crippen molar-refractivity contribution in [1.82, 2.24) is 4.90 Å². The molecule has 116 valence electrons. The van der Waals surface area contributed by atoms with Crippen LogP contribution < -0.4 is 10.1 Å². The molecule has 1 saturated heterocycles. The average molecular weight is 293 g/mol. The van der Waals surface area contributed by atoms with Crippen LogP contribution in [0, 0.1) is 10.1 Å². The molecule has 0 aromatic heterocycles. The van der Waals surface area contributed by atoms with Gasteiger partial charge in [0.15, 0.2) is 0 Å². The molecule has 21 heavy (non-hydrogen) atoms. The number of rotatable bonds is 6. The van der Waals surface area contributed by atoms with E-state index in [2.05, 4.69) is 17.1 Å². The van der Waals surface area contributed by atoms with Crippen LogP contribution in [0.5, 0.6) is 5.75 Å². The predicted molar refractivity (Wildman–Crippen MR) is 83.0 cm³/mol. The van der Waals surface area contributed by atoms with E-state index in [1.54, 1.807) is 12.1 Å². The highest BCUT2D eigenvalue weighted by atomic mass is 16.6. The Morgan fingerprint density at radius 3 is 2.71 bits per heavy atom. The van der Waals surface area contributed by atoms with Crippen LogP contribution in [0.4, 0.5) is 11.4 Å². The number of nitrogens with one attached hydrogen (secondary N) is 1. The van der Waals surface area contributed by atoms with Crippen LogP contribution in [0.1, 0.15) is 26.2 Å². The van der Waals surface area contributed by atoms with Gasteiger partial charge in [0.25, 0.3) is 5.69 Å². The van der Waals surface area contributed by atoms with Gasteiger partial charge in [-0.15, -0.1) is 0 Å². The third-order valence-corrected chi connectivity index (χ3v) is 4.00. The minimum atomic E-state index is -0.379. The fraction of sp³-hybridized carbons (Fsp3) is 0.600. The topological polar surface area (TPSA) is 67.6 Å². The van der Waals surface area contributed by atoms with Crippen molar-refractivity contribution in [3.8, 4) is 5.75 Å². The Balaban J connectivity index is 2.00. The minimum absolute atomic E-state index is 0.0557. The maximum Gasteiger partial charge on any atom is 0.296 e. The molecule has 1 aliphatic heterocycles. The molecule has 1 fully saturated rings. The second-order valence-electron chi connectivity index (χ2n) is 5.47. The first-order valence-corrected chi connectivity index (χ1v) is 7.42. The number of nitrogens with zero attached hydrogens (tertiary/aromatic N) is 2. The highest BCUT2D eigenvalue weighted by Gasteiger charge is 2.19. The van der Waals surface area contributed by atoms with E-state index in [-0.39, 0.29) is 10.6 Å². The third kappa shape index (κ3) is 4.07. The summed E-state index contributed by atoms with van der Waals surface area (Å²) in [7, 11) is 1.50. The van der Waals surface area contributed by atoms with Gasteiger partial charge in [-0.2, -0.15) is 0 Å². The summed E-state index contributed by atoms with van der Waals surface area (Å²) in [4.78, 5) is 13.2. The molecule has 0 radical (unpaired) electrons. The molecule has 1 aliphatic rings. The van der Waals surface area contributed by atoms with Gasteiger partial charge in [-0.25, -0.2) is 0 Å². The fourth-order valence-electron chi connectivity index (χ4n) is 2.68. The number of nitro groups is 1. The molecule has 6 heteroatoms. The minimum Gasteiger partial charge on any atom is -0.496 e. The molecule has 1 atom stereocenters. The first kappa shape index (κ1) is 15.6. The van der Waals surface area contributed by atoms with Crippen molar-refractivity contribution in [1.29, 1.82) is 0 Å². The van der Waals surface area contributed by atoms with Crippen molar-refractivity contribution < 1.29 is 9.66 Å². The zero-order valence-electron chi connectivity index (χ0n) is 12.7. The molecule has 1 N–H and O–H groups in total. The molecule has 1 heterocycles. The van der Waals surface area contributed by atoms with Crippen LogP contribution in [0.3, 0.4) is 0 Å². The Labute approximate surface area is 125 Å². The monoisotopic (exact) mass is 293 g/mol. The SMILES string of the molecule is COc1ccc(NCC(C)N2CCCCC2)c([N+](=O)[O-])c1. The summed E-state index contributed by atoms with van der Waals surface area (Å²) in [5.41, 5.74) is 0.602. The summed E-state index contributed by atoms with van der Waals surface area (Å²) in [6, 6.07) is 5.27. The molecule has 2 rings (SSSR count). The van der Waals surface area contributed by atoms with Crippen molar-refractivity contribution >= 4 is 11.4 Å². The Kier molecular flexibility index (Phi) is 5.38. The molecule has 0 saturated carbocycles. The quantitative estimate of drug-likeness (QED) is 0.645. The maximum absolute atomic E-state index is 11.1. The first-order chi connectivity index (χ1) is 10.1. The average Bonchev–Trinajstić information content (AvgIpc) is 2.53. The molecule has 1 aromatic rings. The van der Waals surface area contributed by atoms with E-state index in [9.17, 15) is 10.1 Å². The largest absolute Gasteiger partial charge is 0.496 e. The van der Waals surface area contributed by atoms with Crippen molar-refractivity contribution in [2.75, 3.05) is 32.1 Å². The smallest absolute Gasteiger partial charge is 0.296 e. The normalized spacial score (nSPS) is 17.2. The Bertz CT molecular complexity index is 487. The van der Waals surface area contributed by atoms with Crippen LogP contribution in [-0.2, 0) is 0 Å². The Morgan fingerprint density at radius 2 is 2.10 bits per heavy atom. The van der Waals surface area contributed by atoms with Gasteiger partial charge in [0.1, 0.15) is 11.4 Å². The van der Waals surface area contributed by atoms with Crippen LogP contribution in [0.25, 0.3) is 0 Å². The van der Waals surface area contributed by atoms with Gasteiger partial charge in [0, 0.05) is 12.6 Å². The van der Waals surface area contributed by atoms with E-state index >= 15 is 0 Å². The molecule has 0 amide bonds. The Hall–Kier alpha value is -1.82. The van der Waals surface area contributed by atoms with Crippen molar-refractivity contribution in [2.45, 2.75) is 32.2 Å². The summed E-state index contributed by atoms with van der Waals surface area (Å²) in [6.07, 6.45) is 3.79. The maximum atomic E-state index is 11.1. The molecular formula is C15H23N3O3. The number of nitro benzene ring substituents is 1. The lowest BCUT2D eigenvalue weighted by molar-refractivity contribution is -0.384. The second-order valence-corrected chi connectivity index (χ2v) is 5.47. The van der Waals surface area contributed by atoms with Crippen molar-refractivity contribution in [2.24, 2.45) is 0 Å². The van der Waals surface area contributed by atoms with Crippen molar-refractivity contribution in [3.05, 3.63) is 28.3 Å². The second kappa shape index (κ2) is 7.26. The van der Waals surface area contributed by atoms with Crippen molar-refractivity contribution in [3.63, 3.8) is 0 Å². The lowest BCUT2D eigenvalue weighted by Crippen LogP contribution is -2.41. The summed E-state index contributed by atoms with van der Waals surface area (Å²) in [5.74, 6) is 0.497. The van der Waals surface area contributed by atoms with E-state index in [0.29, 0.717) is 24.0 Å². The molecule has 0 spiro atoms. The van der Waals surface area contributed by atoms with Crippen LogP contribution in [0.15, 0.2) is 18.2 Å². The number of hydrogen-bond acceptors (Lipinski definition) is 5.